The Balaban J connectivity index is 2.43. The zero-order valence-corrected chi connectivity index (χ0v) is 13.0. The maximum Gasteiger partial charge on any atom is 0.243 e. The lowest BCUT2D eigenvalue weighted by Crippen LogP contribution is -2.43. The molecule has 1 aliphatic heterocycles. The topological polar surface area (TPSA) is 91.8 Å². The molecule has 21 heavy (non-hydrogen) atoms. The van der Waals surface area contributed by atoms with Gasteiger partial charge in [0.15, 0.2) is 9.84 Å². The summed E-state index contributed by atoms with van der Waals surface area (Å²) in [6, 6.07) is 2.30. The van der Waals surface area contributed by atoms with Crippen LogP contribution in [0.1, 0.15) is 11.1 Å². The van der Waals surface area contributed by atoms with E-state index < -0.39 is 32.3 Å². The first kappa shape index (κ1) is 16.3. The van der Waals surface area contributed by atoms with Crippen molar-refractivity contribution in [3.05, 3.63) is 29.1 Å². The molecule has 1 N–H and O–H groups in total. The van der Waals surface area contributed by atoms with Crippen molar-refractivity contribution in [3.63, 3.8) is 0 Å². The van der Waals surface area contributed by atoms with Gasteiger partial charge in [-0.3, -0.25) is 0 Å². The van der Waals surface area contributed by atoms with Crippen molar-refractivity contribution in [2.75, 3.05) is 24.6 Å². The summed E-state index contributed by atoms with van der Waals surface area (Å²) < 4.78 is 62.6. The van der Waals surface area contributed by atoms with Crippen LogP contribution in [0.4, 0.5) is 4.39 Å². The highest BCUT2D eigenvalue weighted by Crippen LogP contribution is 2.25. The van der Waals surface area contributed by atoms with E-state index >= 15 is 0 Å². The van der Waals surface area contributed by atoms with E-state index in [1.165, 1.54) is 13.0 Å². The third-order valence-corrected chi connectivity index (χ3v) is 7.09. The molecule has 0 aliphatic carbocycles. The van der Waals surface area contributed by atoms with Crippen molar-refractivity contribution < 1.29 is 26.3 Å². The van der Waals surface area contributed by atoms with Crippen molar-refractivity contribution in [1.29, 1.82) is 0 Å². The Kier molecular flexibility index (Phi) is 4.39. The molecule has 1 saturated heterocycles. The third kappa shape index (κ3) is 3.25. The van der Waals surface area contributed by atoms with Gasteiger partial charge in [0.25, 0.3) is 0 Å². The first-order valence-electron chi connectivity index (χ1n) is 6.28. The Hall–Kier alpha value is -1.03. The lowest BCUT2D eigenvalue weighted by molar-refractivity contribution is 0.280. The average molecular weight is 337 g/mol. The summed E-state index contributed by atoms with van der Waals surface area (Å²) in [5, 5.41) is 9.07. The van der Waals surface area contributed by atoms with Gasteiger partial charge in [-0.15, -0.1) is 0 Å². The molecule has 6 nitrogen and oxygen atoms in total. The molecule has 0 aromatic heterocycles. The van der Waals surface area contributed by atoms with E-state index in [1.54, 1.807) is 0 Å². The molecule has 118 valence electrons. The van der Waals surface area contributed by atoms with Crippen molar-refractivity contribution in [1.82, 2.24) is 4.31 Å². The molecule has 1 aromatic carbocycles. The monoisotopic (exact) mass is 337 g/mol. The van der Waals surface area contributed by atoms with Crippen LogP contribution in [0.15, 0.2) is 17.0 Å². The first-order chi connectivity index (χ1) is 9.67. The molecule has 1 aromatic rings. The number of hydrogen-bond acceptors (Lipinski definition) is 5. The second-order valence-corrected chi connectivity index (χ2v) is 9.12. The SMILES string of the molecule is Cc1c(F)cc(CO)cc1S(=O)(=O)N1CCS(=O)(=O)CC1. The number of aliphatic hydroxyl groups excluding tert-OH is 1. The Morgan fingerprint density at radius 1 is 1.29 bits per heavy atom. The van der Waals surface area contributed by atoms with Crippen molar-refractivity contribution in [3.8, 4) is 0 Å². The van der Waals surface area contributed by atoms with Crippen LogP contribution in [0.2, 0.25) is 0 Å². The molecule has 0 saturated carbocycles. The summed E-state index contributed by atoms with van der Waals surface area (Å²) in [5.41, 5.74) is 0.113. The molecule has 1 aliphatic rings. The summed E-state index contributed by atoms with van der Waals surface area (Å²) in [6.45, 7) is 0.572. The Bertz CT molecular complexity index is 744. The van der Waals surface area contributed by atoms with Crippen molar-refractivity contribution in [2.24, 2.45) is 0 Å². The molecule has 0 unspecified atom stereocenters. The second-order valence-electron chi connectivity index (χ2n) is 4.91. The minimum Gasteiger partial charge on any atom is -0.392 e. The maximum absolute atomic E-state index is 13.8. The van der Waals surface area contributed by atoms with Gasteiger partial charge in [-0.25, -0.2) is 21.2 Å². The van der Waals surface area contributed by atoms with Crippen molar-refractivity contribution in [2.45, 2.75) is 18.4 Å². The Labute approximate surface area is 123 Å². The van der Waals surface area contributed by atoms with Crippen LogP contribution in [-0.2, 0) is 26.5 Å². The standard InChI is InChI=1S/C12H16FNO5S2/c1-9-11(13)6-10(8-15)7-12(9)21(18,19)14-2-4-20(16,17)5-3-14/h6-7,15H,2-5,8H2,1H3. The molecule has 0 bridgehead atoms. The largest absolute Gasteiger partial charge is 0.392 e. The second kappa shape index (κ2) is 5.64. The molecule has 1 heterocycles. The summed E-state index contributed by atoms with van der Waals surface area (Å²) in [6.07, 6.45) is 0. The number of hydrogen-bond donors (Lipinski definition) is 1. The van der Waals surface area contributed by atoms with Gasteiger partial charge in [0.05, 0.1) is 23.0 Å². The molecular weight excluding hydrogens is 321 g/mol. The number of nitrogens with zero attached hydrogens (tertiary/aromatic N) is 1. The Morgan fingerprint density at radius 3 is 2.38 bits per heavy atom. The maximum atomic E-state index is 13.8. The molecule has 2 rings (SSSR count). The van der Waals surface area contributed by atoms with Crippen molar-refractivity contribution >= 4 is 19.9 Å². The molecule has 0 atom stereocenters. The first-order valence-corrected chi connectivity index (χ1v) is 9.54. The number of sulfone groups is 1. The summed E-state index contributed by atoms with van der Waals surface area (Å²) in [4.78, 5) is -0.231. The molecule has 9 heteroatoms. The zero-order valence-electron chi connectivity index (χ0n) is 11.4. The van der Waals surface area contributed by atoms with E-state index in [9.17, 15) is 21.2 Å². The molecular formula is C12H16FNO5S2. The number of halogens is 1. The third-order valence-electron chi connectivity index (χ3n) is 3.46. The van der Waals surface area contributed by atoms with E-state index in [1.807, 2.05) is 0 Å². The fraction of sp³-hybridized carbons (Fsp3) is 0.500. The van der Waals surface area contributed by atoms with Gasteiger partial charge >= 0.3 is 0 Å². The van der Waals surface area contributed by atoms with E-state index in [0.29, 0.717) is 0 Å². The number of aliphatic hydroxyl groups is 1. The van der Waals surface area contributed by atoms with Crippen LogP contribution in [-0.4, -0.2) is 50.8 Å². The minimum absolute atomic E-state index is 0.0411. The van der Waals surface area contributed by atoms with Crippen LogP contribution in [0.5, 0.6) is 0 Å². The molecule has 0 spiro atoms. The lowest BCUT2D eigenvalue weighted by Gasteiger charge is -2.26. The lowest BCUT2D eigenvalue weighted by atomic mass is 10.1. The normalized spacial score (nSPS) is 19.6. The number of rotatable bonds is 3. The predicted molar refractivity (Wildman–Crippen MR) is 74.5 cm³/mol. The van der Waals surface area contributed by atoms with E-state index in [4.69, 9.17) is 5.11 Å². The highest BCUT2D eigenvalue weighted by atomic mass is 32.2. The van der Waals surface area contributed by atoms with Gasteiger partial charge in [0.1, 0.15) is 5.82 Å². The van der Waals surface area contributed by atoms with Gasteiger partial charge in [0, 0.05) is 18.7 Å². The van der Waals surface area contributed by atoms with Gasteiger partial charge in [0.2, 0.25) is 10.0 Å². The highest BCUT2D eigenvalue weighted by Gasteiger charge is 2.32. The smallest absolute Gasteiger partial charge is 0.243 e. The number of sulfonamides is 1. The summed E-state index contributed by atoms with van der Waals surface area (Å²) in [5.74, 6) is -1.20. The Morgan fingerprint density at radius 2 is 1.86 bits per heavy atom. The summed E-state index contributed by atoms with van der Waals surface area (Å²) >= 11 is 0. The van der Waals surface area contributed by atoms with Gasteiger partial charge in [-0.1, -0.05) is 0 Å². The minimum atomic E-state index is -3.98. The van der Waals surface area contributed by atoms with E-state index in [-0.39, 0.29) is 40.6 Å². The zero-order chi connectivity index (χ0) is 15.8. The van der Waals surface area contributed by atoms with Crippen LogP contribution < -0.4 is 0 Å². The summed E-state index contributed by atoms with van der Waals surface area (Å²) in [7, 11) is -7.19. The molecule has 0 radical (unpaired) electrons. The fourth-order valence-corrected chi connectivity index (χ4v) is 5.30. The quantitative estimate of drug-likeness (QED) is 0.841. The predicted octanol–water partition coefficient (Wildman–Crippen LogP) is 0.0455. The van der Waals surface area contributed by atoms with Crippen LogP contribution in [0, 0.1) is 12.7 Å². The van der Waals surface area contributed by atoms with E-state index in [2.05, 4.69) is 0 Å². The van der Waals surface area contributed by atoms with Crippen LogP contribution in [0.3, 0.4) is 0 Å². The van der Waals surface area contributed by atoms with Gasteiger partial charge in [-0.05, 0) is 24.6 Å². The molecule has 1 fully saturated rings. The van der Waals surface area contributed by atoms with Crippen LogP contribution >= 0.6 is 0 Å². The van der Waals surface area contributed by atoms with E-state index in [0.717, 1.165) is 10.4 Å². The van der Waals surface area contributed by atoms with Crippen LogP contribution in [0.25, 0.3) is 0 Å². The molecule has 0 amide bonds. The average Bonchev–Trinajstić information content (AvgIpc) is 2.41. The number of benzene rings is 1. The van der Waals surface area contributed by atoms with Gasteiger partial charge in [-0.2, -0.15) is 4.31 Å². The fourth-order valence-electron chi connectivity index (χ4n) is 2.14. The highest BCUT2D eigenvalue weighted by molar-refractivity contribution is 7.92. The van der Waals surface area contributed by atoms with Gasteiger partial charge < -0.3 is 5.11 Å².